The number of nitrogens with one attached hydrogen (secondary N) is 1. The molecule has 0 heterocycles. The van der Waals surface area contributed by atoms with Crippen LogP contribution in [0.15, 0.2) is 77.0 Å². The minimum Gasteiger partial charge on any atom is -0.506 e. The third-order valence-corrected chi connectivity index (χ3v) is 3.74. The molecule has 0 bridgehead atoms. The summed E-state index contributed by atoms with van der Waals surface area (Å²) in [5.41, 5.74) is 0.958. The maximum atomic E-state index is 12.2. The van der Waals surface area contributed by atoms with Gasteiger partial charge in [0.25, 0.3) is 5.91 Å². The molecule has 0 radical (unpaired) electrons. The van der Waals surface area contributed by atoms with Crippen LogP contribution in [0, 0.1) is 0 Å². The number of anilines is 1. The Hall–Kier alpha value is -3.38. The Kier molecular flexibility index (Phi) is 5.15. The summed E-state index contributed by atoms with van der Waals surface area (Å²) in [5.74, 6) is -0.685. The molecule has 0 aliphatic carbocycles. The number of aromatic hydroxyl groups is 2. The number of azo groups is 1. The molecule has 0 spiro atoms. The van der Waals surface area contributed by atoms with E-state index in [4.69, 9.17) is 11.6 Å². The molecule has 0 atom stereocenters. The number of nitrogens with zero attached hydrogens (tertiary/aromatic N) is 2. The molecular formula is C19H14ClN3O3. The van der Waals surface area contributed by atoms with Crippen LogP contribution in [0.1, 0.15) is 10.4 Å². The molecular weight excluding hydrogens is 354 g/mol. The normalized spacial score (nSPS) is 10.8. The van der Waals surface area contributed by atoms with Crippen molar-refractivity contribution in [3.05, 3.63) is 77.3 Å². The van der Waals surface area contributed by atoms with Gasteiger partial charge >= 0.3 is 0 Å². The summed E-state index contributed by atoms with van der Waals surface area (Å²) < 4.78 is 0. The average molecular weight is 368 g/mol. The first-order chi connectivity index (χ1) is 12.5. The summed E-state index contributed by atoms with van der Waals surface area (Å²) in [6, 6.07) is 17.7. The molecule has 26 heavy (non-hydrogen) atoms. The minimum atomic E-state index is -0.359. The van der Waals surface area contributed by atoms with Crippen LogP contribution in [0.3, 0.4) is 0 Å². The molecule has 3 rings (SSSR count). The van der Waals surface area contributed by atoms with Gasteiger partial charge in [0.05, 0.1) is 5.69 Å². The second-order valence-electron chi connectivity index (χ2n) is 5.33. The largest absolute Gasteiger partial charge is 0.506 e. The smallest absolute Gasteiger partial charge is 0.255 e. The van der Waals surface area contributed by atoms with Crippen LogP contribution in [0.25, 0.3) is 0 Å². The van der Waals surface area contributed by atoms with Gasteiger partial charge in [0.2, 0.25) is 0 Å². The predicted molar refractivity (Wildman–Crippen MR) is 99.8 cm³/mol. The highest BCUT2D eigenvalue weighted by atomic mass is 35.5. The van der Waals surface area contributed by atoms with Gasteiger partial charge in [-0.2, -0.15) is 0 Å². The van der Waals surface area contributed by atoms with Crippen LogP contribution >= 0.6 is 11.6 Å². The molecule has 3 aromatic carbocycles. The summed E-state index contributed by atoms with van der Waals surface area (Å²) in [7, 11) is 0. The third-order valence-electron chi connectivity index (χ3n) is 3.50. The number of hydrogen-bond acceptors (Lipinski definition) is 5. The van der Waals surface area contributed by atoms with E-state index in [0.29, 0.717) is 10.6 Å². The van der Waals surface area contributed by atoms with Gasteiger partial charge in [0.1, 0.15) is 17.1 Å². The fraction of sp³-hybridized carbons (Fsp3) is 0. The Morgan fingerprint density at radius 3 is 2.38 bits per heavy atom. The van der Waals surface area contributed by atoms with E-state index >= 15 is 0 Å². The van der Waals surface area contributed by atoms with Crippen LogP contribution in [-0.2, 0) is 0 Å². The molecule has 6 nitrogen and oxygen atoms in total. The van der Waals surface area contributed by atoms with Crippen LogP contribution in [0.4, 0.5) is 17.1 Å². The number of hydrogen-bond donors (Lipinski definition) is 3. The van der Waals surface area contributed by atoms with Gasteiger partial charge < -0.3 is 15.5 Å². The quantitative estimate of drug-likeness (QED) is 0.424. The fourth-order valence-electron chi connectivity index (χ4n) is 2.18. The lowest BCUT2D eigenvalue weighted by atomic mass is 10.2. The van der Waals surface area contributed by atoms with Crippen molar-refractivity contribution in [3.63, 3.8) is 0 Å². The first-order valence-corrected chi connectivity index (χ1v) is 8.01. The Morgan fingerprint density at radius 1 is 0.885 bits per heavy atom. The first-order valence-electron chi connectivity index (χ1n) is 7.63. The fourth-order valence-corrected chi connectivity index (χ4v) is 2.35. The molecule has 3 N–H and O–H groups in total. The number of phenols is 2. The lowest BCUT2D eigenvalue weighted by Gasteiger charge is -2.08. The van der Waals surface area contributed by atoms with Gasteiger partial charge in [-0.15, -0.1) is 10.2 Å². The van der Waals surface area contributed by atoms with Gasteiger partial charge in [-0.25, -0.2) is 0 Å². The second kappa shape index (κ2) is 7.67. The molecule has 0 aliphatic rings. The Balaban J connectivity index is 1.84. The number of halogens is 1. The van der Waals surface area contributed by atoms with E-state index in [2.05, 4.69) is 15.5 Å². The van der Waals surface area contributed by atoms with Crippen molar-refractivity contribution in [3.8, 4) is 11.5 Å². The molecule has 0 unspecified atom stereocenters. The Labute approximate surface area is 154 Å². The number of para-hydroxylation sites is 1. The van der Waals surface area contributed by atoms with Crippen LogP contribution < -0.4 is 5.32 Å². The summed E-state index contributed by atoms with van der Waals surface area (Å²) in [6.45, 7) is 0. The van der Waals surface area contributed by atoms with Crippen molar-refractivity contribution >= 4 is 34.6 Å². The van der Waals surface area contributed by atoms with Gasteiger partial charge in [0.15, 0.2) is 5.75 Å². The van der Waals surface area contributed by atoms with Crippen LogP contribution in [0.2, 0.25) is 5.02 Å². The van der Waals surface area contributed by atoms with E-state index in [1.165, 1.54) is 24.3 Å². The summed E-state index contributed by atoms with van der Waals surface area (Å²) >= 11 is 5.86. The van der Waals surface area contributed by atoms with E-state index in [1.807, 2.05) is 0 Å². The predicted octanol–water partition coefficient (Wildman–Crippen LogP) is 5.42. The number of carbonyl (C=O) groups excluding carboxylic acids is 1. The summed E-state index contributed by atoms with van der Waals surface area (Å²) in [4.78, 5) is 12.2. The highest BCUT2D eigenvalue weighted by Gasteiger charge is 2.11. The van der Waals surface area contributed by atoms with Gasteiger partial charge in [-0.05, 0) is 42.5 Å². The second-order valence-corrected chi connectivity index (χ2v) is 5.76. The molecule has 7 heteroatoms. The zero-order chi connectivity index (χ0) is 18.5. The number of rotatable bonds is 4. The zero-order valence-corrected chi connectivity index (χ0v) is 14.2. The molecule has 1 amide bonds. The van der Waals surface area contributed by atoms with Crippen molar-refractivity contribution < 1.29 is 15.0 Å². The average Bonchev–Trinajstić information content (AvgIpc) is 2.65. The molecule has 3 aromatic rings. The SMILES string of the molecule is O=C(Nc1cccc(N=Nc2cc(Cl)ccc2O)c1O)c1ccccc1. The van der Waals surface area contributed by atoms with E-state index in [0.717, 1.165) is 0 Å². The van der Waals surface area contributed by atoms with Crippen molar-refractivity contribution in [2.75, 3.05) is 5.32 Å². The van der Waals surface area contributed by atoms with Crippen molar-refractivity contribution in [2.45, 2.75) is 0 Å². The highest BCUT2D eigenvalue weighted by Crippen LogP contribution is 2.37. The maximum Gasteiger partial charge on any atom is 0.255 e. The highest BCUT2D eigenvalue weighted by molar-refractivity contribution is 6.30. The molecule has 0 aliphatic heterocycles. The van der Waals surface area contributed by atoms with Crippen LogP contribution in [0.5, 0.6) is 11.5 Å². The topological polar surface area (TPSA) is 94.3 Å². The number of phenolic OH excluding ortho intramolecular Hbond substituents is 2. The molecule has 0 saturated carbocycles. The molecule has 0 saturated heterocycles. The third kappa shape index (κ3) is 3.99. The monoisotopic (exact) mass is 367 g/mol. The Bertz CT molecular complexity index is 975. The lowest BCUT2D eigenvalue weighted by molar-refractivity contribution is 0.102. The zero-order valence-electron chi connectivity index (χ0n) is 13.4. The minimum absolute atomic E-state index is 0.0915. The molecule has 130 valence electrons. The van der Waals surface area contributed by atoms with E-state index < -0.39 is 0 Å². The van der Waals surface area contributed by atoms with Crippen molar-refractivity contribution in [1.82, 2.24) is 0 Å². The van der Waals surface area contributed by atoms with E-state index in [-0.39, 0.29) is 34.5 Å². The van der Waals surface area contributed by atoms with Gasteiger partial charge in [0, 0.05) is 10.6 Å². The standard InChI is InChI=1S/C19H14ClN3O3/c20-13-9-10-17(24)16(11-13)23-22-15-8-4-7-14(18(15)25)21-19(26)12-5-2-1-3-6-12/h1-11,24-25H,(H,21,26). The summed E-state index contributed by atoms with van der Waals surface area (Å²) in [5, 5.41) is 30.9. The van der Waals surface area contributed by atoms with E-state index in [1.54, 1.807) is 42.5 Å². The maximum absolute atomic E-state index is 12.2. The first kappa shape index (κ1) is 17.4. The van der Waals surface area contributed by atoms with E-state index in [9.17, 15) is 15.0 Å². The molecule has 0 fully saturated rings. The van der Waals surface area contributed by atoms with Gasteiger partial charge in [-0.1, -0.05) is 35.9 Å². The van der Waals surface area contributed by atoms with Crippen LogP contribution in [-0.4, -0.2) is 16.1 Å². The van der Waals surface area contributed by atoms with Gasteiger partial charge in [-0.3, -0.25) is 4.79 Å². The number of amides is 1. The number of benzene rings is 3. The molecule has 0 aromatic heterocycles. The van der Waals surface area contributed by atoms with Crippen molar-refractivity contribution in [1.29, 1.82) is 0 Å². The number of carbonyl (C=O) groups is 1. The Morgan fingerprint density at radius 2 is 1.62 bits per heavy atom. The summed E-state index contributed by atoms with van der Waals surface area (Å²) in [6.07, 6.45) is 0. The lowest BCUT2D eigenvalue weighted by Crippen LogP contribution is -2.11. The van der Waals surface area contributed by atoms with Crippen molar-refractivity contribution in [2.24, 2.45) is 10.2 Å².